The first-order valence-electron chi connectivity index (χ1n) is 2.91. The molecule has 0 aromatic heterocycles. The van der Waals surface area contributed by atoms with Gasteiger partial charge in [0.05, 0.1) is 6.04 Å². The Labute approximate surface area is 60.1 Å². The van der Waals surface area contributed by atoms with Crippen molar-refractivity contribution in [3.8, 4) is 0 Å². The fraction of sp³-hybridized carbons (Fsp3) is 0.500. The van der Waals surface area contributed by atoms with Crippen molar-refractivity contribution in [2.75, 3.05) is 0 Å². The first kappa shape index (κ1) is 6.86. The SMILES string of the molecule is CC(=S)C(NN)C1=CC1. The van der Waals surface area contributed by atoms with Gasteiger partial charge < -0.3 is 0 Å². The summed E-state index contributed by atoms with van der Waals surface area (Å²) in [5.41, 5.74) is 3.98. The topological polar surface area (TPSA) is 38.0 Å². The summed E-state index contributed by atoms with van der Waals surface area (Å²) in [5.74, 6) is 5.24. The summed E-state index contributed by atoms with van der Waals surface area (Å²) in [6.07, 6.45) is 3.20. The van der Waals surface area contributed by atoms with Crippen LogP contribution in [-0.4, -0.2) is 10.9 Å². The zero-order valence-corrected chi connectivity index (χ0v) is 6.16. The van der Waals surface area contributed by atoms with Crippen LogP contribution in [-0.2, 0) is 0 Å². The predicted octanol–water partition coefficient (Wildman–Crippen LogP) is 0.538. The van der Waals surface area contributed by atoms with Gasteiger partial charge in [-0.1, -0.05) is 18.3 Å². The molecule has 0 fully saturated rings. The molecule has 1 aliphatic rings. The van der Waals surface area contributed by atoms with E-state index in [-0.39, 0.29) is 6.04 Å². The predicted molar refractivity (Wildman–Crippen MR) is 42.1 cm³/mol. The average Bonchev–Trinajstić information content (AvgIpc) is 2.50. The molecule has 0 radical (unpaired) electrons. The molecule has 0 heterocycles. The van der Waals surface area contributed by atoms with Crippen LogP contribution in [0.4, 0.5) is 0 Å². The summed E-state index contributed by atoms with van der Waals surface area (Å²) >= 11 is 4.95. The van der Waals surface area contributed by atoms with Gasteiger partial charge in [0.25, 0.3) is 0 Å². The lowest BCUT2D eigenvalue weighted by Crippen LogP contribution is -2.38. The van der Waals surface area contributed by atoms with E-state index >= 15 is 0 Å². The third kappa shape index (κ3) is 1.58. The number of thiocarbonyl (C=S) groups is 1. The molecule has 1 atom stereocenters. The minimum absolute atomic E-state index is 0.153. The number of nitrogens with two attached hydrogens (primary N) is 1. The highest BCUT2D eigenvalue weighted by Gasteiger charge is 2.19. The van der Waals surface area contributed by atoms with Crippen LogP contribution >= 0.6 is 12.2 Å². The lowest BCUT2D eigenvalue weighted by molar-refractivity contribution is 0.733. The maximum atomic E-state index is 5.24. The summed E-state index contributed by atoms with van der Waals surface area (Å²) in [5, 5.41) is 0. The van der Waals surface area contributed by atoms with Crippen LogP contribution in [0.25, 0.3) is 0 Å². The van der Waals surface area contributed by atoms with E-state index in [4.69, 9.17) is 18.1 Å². The first-order valence-corrected chi connectivity index (χ1v) is 3.32. The molecule has 9 heavy (non-hydrogen) atoms. The monoisotopic (exact) mass is 142 g/mol. The van der Waals surface area contributed by atoms with Crippen molar-refractivity contribution in [1.29, 1.82) is 0 Å². The van der Waals surface area contributed by atoms with Crippen LogP contribution in [0.2, 0.25) is 0 Å². The van der Waals surface area contributed by atoms with E-state index in [2.05, 4.69) is 11.5 Å². The third-order valence-corrected chi connectivity index (χ3v) is 1.62. The summed E-state index contributed by atoms with van der Waals surface area (Å²) in [7, 11) is 0. The molecular formula is C6H10N2S. The Morgan fingerprint density at radius 1 is 2.00 bits per heavy atom. The highest BCUT2D eigenvalue weighted by atomic mass is 32.1. The smallest absolute Gasteiger partial charge is 0.0732 e. The number of rotatable bonds is 3. The van der Waals surface area contributed by atoms with Crippen LogP contribution in [0.15, 0.2) is 11.6 Å². The van der Waals surface area contributed by atoms with Crippen LogP contribution < -0.4 is 11.3 Å². The van der Waals surface area contributed by atoms with Gasteiger partial charge in [0.15, 0.2) is 0 Å². The van der Waals surface area contributed by atoms with E-state index < -0.39 is 0 Å². The number of hydrazine groups is 1. The largest absolute Gasteiger partial charge is 0.271 e. The van der Waals surface area contributed by atoms with Gasteiger partial charge in [0.1, 0.15) is 0 Å². The minimum Gasteiger partial charge on any atom is -0.271 e. The second kappa shape index (κ2) is 2.56. The second-order valence-electron chi connectivity index (χ2n) is 2.19. The summed E-state index contributed by atoms with van der Waals surface area (Å²) < 4.78 is 0. The Hall–Kier alpha value is -0.250. The van der Waals surface area contributed by atoms with Gasteiger partial charge in [-0.05, 0) is 18.9 Å². The van der Waals surface area contributed by atoms with Gasteiger partial charge in [-0.15, -0.1) is 0 Å². The molecule has 1 rings (SSSR count). The maximum Gasteiger partial charge on any atom is 0.0732 e. The normalized spacial score (nSPS) is 18.7. The minimum atomic E-state index is 0.153. The van der Waals surface area contributed by atoms with Gasteiger partial charge >= 0.3 is 0 Å². The zero-order valence-electron chi connectivity index (χ0n) is 5.35. The molecule has 0 aromatic carbocycles. The fourth-order valence-corrected chi connectivity index (χ4v) is 1.000. The van der Waals surface area contributed by atoms with E-state index in [0.29, 0.717) is 0 Å². The summed E-state index contributed by atoms with van der Waals surface area (Å²) in [6.45, 7) is 1.90. The van der Waals surface area contributed by atoms with Gasteiger partial charge in [0.2, 0.25) is 0 Å². The molecule has 0 saturated heterocycles. The Morgan fingerprint density at radius 2 is 2.56 bits per heavy atom. The maximum absolute atomic E-state index is 5.24. The molecule has 0 bridgehead atoms. The molecule has 0 spiro atoms. The first-order chi connectivity index (χ1) is 4.25. The average molecular weight is 142 g/mol. The van der Waals surface area contributed by atoms with Crippen molar-refractivity contribution in [2.24, 2.45) is 5.84 Å². The van der Waals surface area contributed by atoms with Crippen molar-refractivity contribution >= 4 is 17.1 Å². The van der Waals surface area contributed by atoms with Crippen molar-refractivity contribution in [3.05, 3.63) is 11.6 Å². The second-order valence-corrected chi connectivity index (χ2v) is 2.84. The highest BCUT2D eigenvalue weighted by molar-refractivity contribution is 7.80. The van der Waals surface area contributed by atoms with E-state index in [0.717, 1.165) is 11.3 Å². The lowest BCUT2D eigenvalue weighted by Gasteiger charge is -2.09. The standard InChI is InChI=1S/C6H10N2S/c1-4(9)6(8-7)5-2-3-5/h2,6,8H,3,7H2,1H3. The Kier molecular flexibility index (Phi) is 1.95. The van der Waals surface area contributed by atoms with Crippen molar-refractivity contribution in [2.45, 2.75) is 19.4 Å². The van der Waals surface area contributed by atoms with Crippen LogP contribution in [0.5, 0.6) is 0 Å². The van der Waals surface area contributed by atoms with Crippen molar-refractivity contribution < 1.29 is 0 Å². The van der Waals surface area contributed by atoms with Crippen molar-refractivity contribution in [1.82, 2.24) is 5.43 Å². The molecule has 1 aliphatic carbocycles. The fourth-order valence-electron chi connectivity index (χ4n) is 0.780. The van der Waals surface area contributed by atoms with Gasteiger partial charge in [-0.25, -0.2) is 5.43 Å². The molecule has 50 valence electrons. The molecule has 0 aromatic rings. The lowest BCUT2D eigenvalue weighted by atomic mass is 10.2. The zero-order chi connectivity index (χ0) is 6.85. The molecule has 1 unspecified atom stereocenters. The van der Waals surface area contributed by atoms with Crippen LogP contribution in [0, 0.1) is 0 Å². The summed E-state index contributed by atoms with van der Waals surface area (Å²) in [6, 6.07) is 0.153. The van der Waals surface area contributed by atoms with E-state index in [9.17, 15) is 0 Å². The summed E-state index contributed by atoms with van der Waals surface area (Å²) in [4.78, 5) is 0.918. The molecule has 3 N–H and O–H groups in total. The number of hydrogen-bond donors (Lipinski definition) is 2. The Balaban J connectivity index is 2.48. The molecule has 0 saturated carbocycles. The van der Waals surface area contributed by atoms with Gasteiger partial charge in [-0.2, -0.15) is 0 Å². The number of allylic oxidation sites excluding steroid dienone is 1. The molecule has 0 aliphatic heterocycles. The third-order valence-electron chi connectivity index (χ3n) is 1.38. The van der Waals surface area contributed by atoms with Crippen LogP contribution in [0.1, 0.15) is 13.3 Å². The van der Waals surface area contributed by atoms with E-state index in [1.165, 1.54) is 5.57 Å². The quantitative estimate of drug-likeness (QED) is 0.261. The molecule has 0 amide bonds. The van der Waals surface area contributed by atoms with E-state index in [1.54, 1.807) is 0 Å². The number of hydrogen-bond acceptors (Lipinski definition) is 3. The van der Waals surface area contributed by atoms with Crippen molar-refractivity contribution in [3.63, 3.8) is 0 Å². The Morgan fingerprint density at radius 3 is 2.67 bits per heavy atom. The van der Waals surface area contributed by atoms with Crippen LogP contribution in [0.3, 0.4) is 0 Å². The number of nitrogens with one attached hydrogen (secondary N) is 1. The van der Waals surface area contributed by atoms with Gasteiger partial charge in [-0.3, -0.25) is 5.84 Å². The van der Waals surface area contributed by atoms with Gasteiger partial charge in [0, 0.05) is 4.86 Å². The molecule has 2 nitrogen and oxygen atoms in total. The van der Waals surface area contributed by atoms with E-state index in [1.807, 2.05) is 6.92 Å². The molecular weight excluding hydrogens is 132 g/mol. The molecule has 3 heteroatoms. The highest BCUT2D eigenvalue weighted by Crippen LogP contribution is 2.22. The Bertz CT molecular complexity index is 160.